The van der Waals surface area contributed by atoms with Gasteiger partial charge in [-0.2, -0.15) is 0 Å². The molecule has 0 radical (unpaired) electrons. The van der Waals surface area contributed by atoms with Crippen LogP contribution in [0.25, 0.3) is 10.9 Å². The molecule has 5 heterocycles. The van der Waals surface area contributed by atoms with Gasteiger partial charge in [0.2, 0.25) is 23.6 Å². The van der Waals surface area contributed by atoms with Crippen molar-refractivity contribution >= 4 is 57.7 Å². The minimum atomic E-state index is -1.00. The van der Waals surface area contributed by atoms with Crippen molar-refractivity contribution in [2.75, 3.05) is 56.0 Å². The lowest BCUT2D eigenvalue weighted by atomic mass is 9.73. The lowest BCUT2D eigenvalue weighted by Gasteiger charge is -2.37. The van der Waals surface area contributed by atoms with E-state index in [2.05, 4.69) is 25.4 Å². The van der Waals surface area contributed by atoms with Crippen LogP contribution in [0.5, 0.6) is 5.75 Å². The van der Waals surface area contributed by atoms with E-state index in [-0.39, 0.29) is 59.5 Å². The number of hydrogen-bond donors (Lipinski definition) is 2. The van der Waals surface area contributed by atoms with Crippen LogP contribution in [0.15, 0.2) is 72.9 Å². The molecule has 64 heavy (non-hydrogen) atoms. The van der Waals surface area contributed by atoms with Crippen LogP contribution in [0.4, 0.5) is 15.8 Å². The van der Waals surface area contributed by atoms with Crippen molar-refractivity contribution in [3.05, 3.63) is 95.4 Å². The fraction of sp³-hybridized carbons (Fsp3) is 0.449. The number of pyridine rings is 1. The Bertz CT molecular complexity index is 2470. The number of aromatic nitrogens is 1. The fourth-order valence-corrected chi connectivity index (χ4v) is 10.3. The lowest BCUT2D eigenvalue weighted by Crippen LogP contribution is -2.54. The van der Waals surface area contributed by atoms with Gasteiger partial charge in [-0.1, -0.05) is 13.0 Å². The molecule has 0 spiro atoms. The second kappa shape index (κ2) is 18.5. The van der Waals surface area contributed by atoms with Crippen LogP contribution < -0.4 is 20.3 Å². The second-order valence-corrected chi connectivity index (χ2v) is 17.9. The van der Waals surface area contributed by atoms with E-state index >= 15 is 0 Å². The molecule has 4 aliphatic heterocycles. The van der Waals surface area contributed by atoms with E-state index in [0.29, 0.717) is 69.3 Å². The smallest absolute Gasteiger partial charge is 0.262 e. The molecule has 1 aromatic heterocycles. The van der Waals surface area contributed by atoms with Gasteiger partial charge in [-0.05, 0) is 104 Å². The first kappa shape index (κ1) is 43.1. The molecule has 5 aliphatic rings. The van der Waals surface area contributed by atoms with Crippen LogP contribution in [0, 0.1) is 17.7 Å². The van der Waals surface area contributed by atoms with Crippen molar-refractivity contribution in [3.63, 3.8) is 0 Å². The van der Waals surface area contributed by atoms with Crippen molar-refractivity contribution in [1.82, 2.24) is 25.0 Å². The van der Waals surface area contributed by atoms with Gasteiger partial charge in [0.05, 0.1) is 16.6 Å². The summed E-state index contributed by atoms with van der Waals surface area (Å²) < 4.78 is 20.4. The Morgan fingerprint density at radius 1 is 0.844 bits per heavy atom. The Hall–Kier alpha value is -6.22. The molecule has 9 rings (SSSR count). The highest BCUT2D eigenvalue weighted by molar-refractivity contribution is 6.23. The van der Waals surface area contributed by atoms with Gasteiger partial charge in [0.15, 0.2) is 0 Å². The number of carbonyl (C=O) groups is 6. The van der Waals surface area contributed by atoms with Gasteiger partial charge in [-0.3, -0.25) is 48.9 Å². The quantitative estimate of drug-likeness (QED) is 0.174. The number of halogens is 1. The minimum Gasteiger partial charge on any atom is -0.490 e. The van der Waals surface area contributed by atoms with E-state index in [1.165, 1.54) is 6.07 Å². The molecule has 1 aliphatic carbocycles. The fourth-order valence-electron chi connectivity index (χ4n) is 10.3. The Morgan fingerprint density at radius 2 is 1.61 bits per heavy atom. The number of ether oxygens (including phenoxy) is 1. The van der Waals surface area contributed by atoms with Crippen molar-refractivity contribution in [1.29, 1.82) is 0 Å². The van der Waals surface area contributed by atoms with E-state index in [4.69, 9.17) is 4.74 Å². The van der Waals surface area contributed by atoms with Crippen molar-refractivity contribution in [3.8, 4) is 5.75 Å². The van der Waals surface area contributed by atoms with E-state index in [9.17, 15) is 33.2 Å². The van der Waals surface area contributed by atoms with Crippen LogP contribution in [0.3, 0.4) is 0 Å². The molecule has 2 unspecified atom stereocenters. The molecule has 4 fully saturated rings. The van der Waals surface area contributed by atoms with Crippen LogP contribution in [-0.4, -0.2) is 113 Å². The number of anilines is 2. The number of nitrogens with one attached hydrogen (secondary N) is 2. The summed E-state index contributed by atoms with van der Waals surface area (Å²) in [5, 5.41) is 6.22. The van der Waals surface area contributed by atoms with Crippen molar-refractivity contribution in [2.45, 2.75) is 82.8 Å². The molecule has 2 N–H and O–H groups in total. The first-order valence-electron chi connectivity index (χ1n) is 22.7. The summed E-state index contributed by atoms with van der Waals surface area (Å²) in [5.74, 6) is -1.13. The second-order valence-electron chi connectivity index (χ2n) is 17.9. The number of rotatable bonds is 11. The highest BCUT2D eigenvalue weighted by Crippen LogP contribution is 2.41. The number of nitrogens with zero attached hydrogens (tertiary/aromatic N) is 5. The molecule has 4 aromatic rings. The molecule has 334 valence electrons. The van der Waals surface area contributed by atoms with Gasteiger partial charge in [-0.25, -0.2) is 4.39 Å². The maximum Gasteiger partial charge on any atom is 0.262 e. The van der Waals surface area contributed by atoms with Crippen LogP contribution in [-0.2, 0) is 19.2 Å². The molecule has 1 saturated carbocycles. The van der Waals surface area contributed by atoms with Crippen molar-refractivity contribution in [2.24, 2.45) is 11.8 Å². The zero-order chi connectivity index (χ0) is 44.5. The SMILES string of the molecule is CC(C(=O)Nc1cccc(OC2CCN(C(=O)CCN3CCN(c4ccc5c(c4)C(=O)N(C4CCC(=O)NC4=O)C5=O)CC3)CC2)c1)C1CCC(c2ccnc3ccc(F)cc23)CC1. The summed E-state index contributed by atoms with van der Waals surface area (Å²) in [6.45, 7) is 6.73. The number of benzene rings is 3. The van der Waals surface area contributed by atoms with Gasteiger partial charge in [0, 0.05) is 106 Å². The largest absolute Gasteiger partial charge is 0.490 e. The maximum atomic E-state index is 14.1. The predicted molar refractivity (Wildman–Crippen MR) is 237 cm³/mol. The number of carbonyl (C=O) groups excluding carboxylic acids is 6. The molecule has 0 bridgehead atoms. The molecule has 6 amide bonds. The zero-order valence-electron chi connectivity index (χ0n) is 36.1. The summed E-state index contributed by atoms with van der Waals surface area (Å²) >= 11 is 0. The Balaban J connectivity index is 0.687. The average molecular weight is 872 g/mol. The molecule has 3 saturated heterocycles. The summed E-state index contributed by atoms with van der Waals surface area (Å²) in [7, 11) is 0. The van der Waals surface area contributed by atoms with E-state index in [1.807, 2.05) is 48.2 Å². The molecule has 2 atom stereocenters. The van der Waals surface area contributed by atoms with E-state index < -0.39 is 29.7 Å². The maximum absolute atomic E-state index is 14.1. The standard InChI is InChI=1S/C49H54FN7O7/c1-30(31-5-7-32(8-6-31)38-15-19-51-42-12-9-33(50)27-40(38)42)46(60)52-34-3-2-4-37(28-34)64-36-16-21-56(22-17-36)45(59)18-20-54-23-25-55(26-24-54)35-10-11-39-41(29-35)49(63)57(48(39)62)43-13-14-44(58)53-47(43)61/h2-4,9-12,15,19,27-32,36,43H,5-8,13-14,16-18,20-26H2,1H3,(H,52,60)(H,53,58,61). The zero-order valence-corrected chi connectivity index (χ0v) is 36.1. The summed E-state index contributed by atoms with van der Waals surface area (Å²) in [6.07, 6.45) is 7.51. The number of hydrogen-bond acceptors (Lipinski definition) is 10. The third kappa shape index (κ3) is 9.08. The number of piperazine rings is 1. The van der Waals surface area contributed by atoms with Crippen LogP contribution >= 0.6 is 0 Å². The number of fused-ring (bicyclic) bond motifs is 2. The average Bonchev–Trinajstić information content (AvgIpc) is 3.55. The van der Waals surface area contributed by atoms with Gasteiger partial charge in [0.25, 0.3) is 11.8 Å². The highest BCUT2D eigenvalue weighted by atomic mass is 19.1. The van der Waals surface area contributed by atoms with Gasteiger partial charge >= 0.3 is 0 Å². The molecule has 3 aromatic carbocycles. The molecular formula is C49H54FN7O7. The minimum absolute atomic E-state index is 0.0113. The number of imide groups is 2. The highest BCUT2D eigenvalue weighted by Gasteiger charge is 2.45. The van der Waals surface area contributed by atoms with E-state index in [0.717, 1.165) is 65.8 Å². The summed E-state index contributed by atoms with van der Waals surface area (Å²) in [4.78, 5) is 88.9. The third-order valence-electron chi connectivity index (χ3n) is 14.1. The number of amides is 6. The van der Waals surface area contributed by atoms with Gasteiger partial charge < -0.3 is 19.9 Å². The topological polar surface area (TPSA) is 162 Å². The monoisotopic (exact) mass is 871 g/mol. The lowest BCUT2D eigenvalue weighted by molar-refractivity contribution is -0.136. The van der Waals surface area contributed by atoms with Gasteiger partial charge in [-0.15, -0.1) is 0 Å². The number of likely N-dealkylation sites (tertiary alicyclic amines) is 1. The normalized spacial score (nSPS) is 22.7. The predicted octanol–water partition coefficient (Wildman–Crippen LogP) is 5.91. The third-order valence-corrected chi connectivity index (χ3v) is 14.1. The van der Waals surface area contributed by atoms with Gasteiger partial charge in [0.1, 0.15) is 23.7 Å². The molecule has 15 heteroatoms. The van der Waals surface area contributed by atoms with E-state index in [1.54, 1.807) is 30.5 Å². The molecular weight excluding hydrogens is 818 g/mol. The van der Waals surface area contributed by atoms with Crippen LogP contribution in [0.1, 0.15) is 96.9 Å². The Kier molecular flexibility index (Phi) is 12.4. The molecule has 14 nitrogen and oxygen atoms in total. The number of piperidine rings is 2. The Labute approximate surface area is 371 Å². The first-order chi connectivity index (χ1) is 31.0. The van der Waals surface area contributed by atoms with Crippen molar-refractivity contribution < 1.29 is 37.9 Å². The van der Waals surface area contributed by atoms with Crippen LogP contribution in [0.2, 0.25) is 0 Å². The summed E-state index contributed by atoms with van der Waals surface area (Å²) in [6, 6.07) is 18.5. The Morgan fingerprint density at radius 3 is 2.38 bits per heavy atom. The first-order valence-corrected chi connectivity index (χ1v) is 22.7. The summed E-state index contributed by atoms with van der Waals surface area (Å²) in [5.41, 5.74) is 3.98.